The Morgan fingerprint density at radius 3 is 2.57 bits per heavy atom. The van der Waals surface area contributed by atoms with E-state index in [0.29, 0.717) is 12.1 Å². The van der Waals surface area contributed by atoms with Gasteiger partial charge in [-0.1, -0.05) is 12.1 Å². The van der Waals surface area contributed by atoms with Gasteiger partial charge in [0.2, 0.25) is 5.91 Å². The van der Waals surface area contributed by atoms with E-state index in [9.17, 15) is 9.59 Å². The third-order valence-electron chi connectivity index (χ3n) is 3.95. The highest BCUT2D eigenvalue weighted by Crippen LogP contribution is 2.18. The molecule has 1 aliphatic rings. The van der Waals surface area contributed by atoms with Crippen molar-refractivity contribution < 1.29 is 14.3 Å². The molecule has 2 N–H and O–H groups in total. The van der Waals surface area contributed by atoms with E-state index in [-0.39, 0.29) is 11.9 Å². The fourth-order valence-corrected chi connectivity index (χ4v) is 2.50. The van der Waals surface area contributed by atoms with Gasteiger partial charge in [0, 0.05) is 6.54 Å². The van der Waals surface area contributed by atoms with Crippen LogP contribution in [0.25, 0.3) is 0 Å². The Morgan fingerprint density at radius 2 is 2.00 bits per heavy atom. The van der Waals surface area contributed by atoms with Crippen LogP contribution < -0.4 is 10.6 Å². The summed E-state index contributed by atoms with van der Waals surface area (Å²) in [7, 11) is 1.36. The molecule has 1 atom stereocenters. The second-order valence-electron chi connectivity index (χ2n) is 5.59. The maximum Gasteiger partial charge on any atom is 0.337 e. The number of carbonyl (C=O) groups is 2. The maximum atomic E-state index is 12.3. The average Bonchev–Trinajstić information content (AvgIpc) is 2.53. The Hall–Kier alpha value is -1.88. The van der Waals surface area contributed by atoms with Crippen molar-refractivity contribution in [3.63, 3.8) is 0 Å². The second kappa shape index (κ2) is 6.72. The Kier molecular flexibility index (Phi) is 4.96. The molecule has 114 valence electrons. The lowest BCUT2D eigenvalue weighted by Crippen LogP contribution is -2.56. The molecule has 0 radical (unpaired) electrons. The van der Waals surface area contributed by atoms with Gasteiger partial charge < -0.3 is 15.4 Å². The molecule has 1 fully saturated rings. The predicted molar refractivity (Wildman–Crippen MR) is 79.9 cm³/mol. The third-order valence-corrected chi connectivity index (χ3v) is 3.95. The maximum absolute atomic E-state index is 12.3. The molecular weight excluding hydrogens is 268 g/mol. The van der Waals surface area contributed by atoms with Crippen molar-refractivity contribution in [3.05, 3.63) is 35.4 Å². The summed E-state index contributed by atoms with van der Waals surface area (Å²) in [6.45, 7) is 3.29. The summed E-state index contributed by atoms with van der Waals surface area (Å²) in [5.41, 5.74) is 0.994. The third kappa shape index (κ3) is 3.82. The Balaban J connectivity index is 1.90. The minimum absolute atomic E-state index is 0.0271. The van der Waals surface area contributed by atoms with E-state index in [1.165, 1.54) is 7.11 Å². The standard InChI is InChI=1S/C16H22N2O3/c1-16(9-3-4-10-18-16)15(20)17-11-12-5-7-13(8-6-12)14(19)21-2/h5-8,18H,3-4,9-11H2,1-2H3,(H,17,20). The quantitative estimate of drug-likeness (QED) is 0.827. The fraction of sp³-hybridized carbons (Fsp3) is 0.500. The first-order valence-corrected chi connectivity index (χ1v) is 7.26. The summed E-state index contributed by atoms with van der Waals surface area (Å²) in [5.74, 6) is -0.330. The molecular formula is C16H22N2O3. The lowest BCUT2D eigenvalue weighted by Gasteiger charge is -2.33. The van der Waals surface area contributed by atoms with Crippen molar-refractivity contribution in [2.24, 2.45) is 0 Å². The van der Waals surface area contributed by atoms with E-state index in [4.69, 9.17) is 0 Å². The van der Waals surface area contributed by atoms with E-state index in [1.54, 1.807) is 12.1 Å². The highest BCUT2D eigenvalue weighted by atomic mass is 16.5. The molecule has 0 saturated carbocycles. The summed E-state index contributed by atoms with van der Waals surface area (Å²) in [4.78, 5) is 23.6. The van der Waals surface area contributed by atoms with Gasteiger partial charge in [-0.15, -0.1) is 0 Å². The average molecular weight is 290 g/mol. The molecule has 0 aromatic heterocycles. The lowest BCUT2D eigenvalue weighted by molar-refractivity contribution is -0.128. The van der Waals surface area contributed by atoms with Gasteiger partial charge >= 0.3 is 5.97 Å². The highest BCUT2D eigenvalue weighted by molar-refractivity contribution is 5.89. The normalized spacial score (nSPS) is 21.6. The van der Waals surface area contributed by atoms with Crippen molar-refractivity contribution >= 4 is 11.9 Å². The van der Waals surface area contributed by atoms with Crippen LogP contribution in [0.2, 0.25) is 0 Å². The van der Waals surface area contributed by atoms with E-state index in [2.05, 4.69) is 15.4 Å². The van der Waals surface area contributed by atoms with E-state index >= 15 is 0 Å². The van der Waals surface area contributed by atoms with Crippen LogP contribution in [0.3, 0.4) is 0 Å². The Bertz CT molecular complexity index is 505. The van der Waals surface area contributed by atoms with Crippen molar-refractivity contribution in [2.75, 3.05) is 13.7 Å². The van der Waals surface area contributed by atoms with Gasteiger partial charge in [-0.25, -0.2) is 4.79 Å². The summed E-state index contributed by atoms with van der Waals surface area (Å²) in [6, 6.07) is 7.05. The summed E-state index contributed by atoms with van der Waals surface area (Å²) < 4.78 is 4.65. The number of esters is 1. The van der Waals surface area contributed by atoms with Crippen LogP contribution in [-0.2, 0) is 16.1 Å². The molecule has 0 bridgehead atoms. The first-order chi connectivity index (χ1) is 10.0. The smallest absolute Gasteiger partial charge is 0.337 e. The topological polar surface area (TPSA) is 67.4 Å². The molecule has 0 aliphatic carbocycles. The molecule has 5 heteroatoms. The van der Waals surface area contributed by atoms with Gasteiger partial charge in [0.1, 0.15) is 0 Å². The highest BCUT2D eigenvalue weighted by Gasteiger charge is 2.33. The first kappa shape index (κ1) is 15.5. The van der Waals surface area contributed by atoms with Gasteiger partial charge in [0.05, 0.1) is 18.2 Å². The zero-order valence-electron chi connectivity index (χ0n) is 12.6. The van der Waals surface area contributed by atoms with Crippen LogP contribution in [0, 0.1) is 0 Å². The van der Waals surface area contributed by atoms with Crippen LogP contribution in [0.1, 0.15) is 42.1 Å². The van der Waals surface area contributed by atoms with Crippen molar-refractivity contribution in [3.8, 4) is 0 Å². The SMILES string of the molecule is COC(=O)c1ccc(CNC(=O)C2(C)CCCCN2)cc1. The van der Waals surface area contributed by atoms with Crippen LogP contribution in [0.4, 0.5) is 0 Å². The summed E-state index contributed by atoms with van der Waals surface area (Å²) in [6.07, 6.45) is 3.06. The fourth-order valence-electron chi connectivity index (χ4n) is 2.50. The lowest BCUT2D eigenvalue weighted by atomic mass is 9.90. The van der Waals surface area contributed by atoms with Crippen LogP contribution in [0.15, 0.2) is 24.3 Å². The number of hydrogen-bond acceptors (Lipinski definition) is 4. The van der Waals surface area contributed by atoms with Crippen molar-refractivity contribution in [2.45, 2.75) is 38.3 Å². The molecule has 1 amide bonds. The van der Waals surface area contributed by atoms with Crippen molar-refractivity contribution in [1.82, 2.24) is 10.6 Å². The molecule has 1 aromatic rings. The number of methoxy groups -OCH3 is 1. The zero-order valence-corrected chi connectivity index (χ0v) is 12.6. The number of amides is 1. The molecule has 0 spiro atoms. The molecule has 2 rings (SSSR count). The second-order valence-corrected chi connectivity index (χ2v) is 5.59. The van der Waals surface area contributed by atoms with Gasteiger partial charge in [0.15, 0.2) is 0 Å². The monoisotopic (exact) mass is 290 g/mol. The van der Waals surface area contributed by atoms with E-state index in [1.807, 2.05) is 19.1 Å². The van der Waals surface area contributed by atoms with Gasteiger partial charge in [0.25, 0.3) is 0 Å². The molecule has 1 aromatic carbocycles. The molecule has 1 unspecified atom stereocenters. The molecule has 5 nitrogen and oxygen atoms in total. The predicted octanol–water partition coefficient (Wildman–Crippen LogP) is 1.62. The van der Waals surface area contributed by atoms with Crippen molar-refractivity contribution in [1.29, 1.82) is 0 Å². The zero-order chi connectivity index (χ0) is 15.3. The molecule has 21 heavy (non-hydrogen) atoms. The number of piperidine rings is 1. The van der Waals surface area contributed by atoms with E-state index in [0.717, 1.165) is 31.4 Å². The number of nitrogens with one attached hydrogen (secondary N) is 2. The molecule has 1 saturated heterocycles. The number of benzene rings is 1. The minimum atomic E-state index is -0.468. The molecule has 1 heterocycles. The number of ether oxygens (including phenoxy) is 1. The minimum Gasteiger partial charge on any atom is -0.465 e. The van der Waals surface area contributed by atoms with Gasteiger partial charge in [-0.2, -0.15) is 0 Å². The first-order valence-electron chi connectivity index (χ1n) is 7.26. The Morgan fingerprint density at radius 1 is 1.29 bits per heavy atom. The van der Waals surface area contributed by atoms with E-state index < -0.39 is 5.54 Å². The van der Waals surface area contributed by atoms with Gasteiger partial charge in [-0.05, 0) is 50.4 Å². The van der Waals surface area contributed by atoms with Crippen LogP contribution in [0.5, 0.6) is 0 Å². The Labute approximate surface area is 125 Å². The largest absolute Gasteiger partial charge is 0.465 e. The summed E-state index contributed by atoms with van der Waals surface area (Å²) in [5, 5.41) is 6.24. The van der Waals surface area contributed by atoms with Crippen LogP contribution in [-0.4, -0.2) is 31.1 Å². The summed E-state index contributed by atoms with van der Waals surface area (Å²) >= 11 is 0. The number of hydrogen-bond donors (Lipinski definition) is 2. The molecule has 1 aliphatic heterocycles. The number of rotatable bonds is 4. The van der Waals surface area contributed by atoms with Crippen LogP contribution >= 0.6 is 0 Å². The number of carbonyl (C=O) groups excluding carboxylic acids is 2. The van der Waals surface area contributed by atoms with Gasteiger partial charge in [-0.3, -0.25) is 4.79 Å².